The van der Waals surface area contributed by atoms with E-state index in [0.29, 0.717) is 0 Å². The Labute approximate surface area is 119 Å². The second-order valence-electron chi connectivity index (χ2n) is 4.27. The first-order chi connectivity index (χ1) is 10.0. The molecule has 110 valence electrons. The van der Waals surface area contributed by atoms with E-state index in [1.54, 1.807) is 0 Å². The second-order valence-corrected chi connectivity index (χ2v) is 4.27. The Hall–Kier alpha value is -2.50. The molecule has 0 amide bonds. The molecule has 0 bridgehead atoms. The van der Waals surface area contributed by atoms with Gasteiger partial charge in [-0.25, -0.2) is 18.0 Å². The highest BCUT2D eigenvalue weighted by Crippen LogP contribution is 2.20. The Bertz CT molecular complexity index is 674. The smallest absolute Gasteiger partial charge is 0.339 e. The molecule has 0 aliphatic heterocycles. The van der Waals surface area contributed by atoms with Crippen LogP contribution in [0.4, 0.5) is 18.9 Å². The lowest BCUT2D eigenvalue weighted by atomic mass is 10.1. The van der Waals surface area contributed by atoms with Crippen molar-refractivity contribution < 1.29 is 22.7 Å². The SMILES string of the molecule is COC(=O)c1ccc(F)cc1NCc1cc(F)ccc1F. The fraction of sp³-hybridized carbons (Fsp3) is 0.133. The fourth-order valence-corrected chi connectivity index (χ4v) is 1.82. The van der Waals surface area contributed by atoms with Crippen molar-refractivity contribution in [1.29, 1.82) is 0 Å². The van der Waals surface area contributed by atoms with E-state index in [2.05, 4.69) is 10.1 Å². The van der Waals surface area contributed by atoms with Crippen LogP contribution in [-0.4, -0.2) is 13.1 Å². The van der Waals surface area contributed by atoms with Crippen molar-refractivity contribution in [3.05, 3.63) is 65.0 Å². The summed E-state index contributed by atoms with van der Waals surface area (Å²) in [5.41, 5.74) is 0.316. The van der Waals surface area contributed by atoms with Crippen molar-refractivity contribution in [2.24, 2.45) is 0 Å². The maximum absolute atomic E-state index is 13.5. The van der Waals surface area contributed by atoms with Crippen molar-refractivity contribution >= 4 is 11.7 Å². The number of ether oxygens (including phenoxy) is 1. The first-order valence-corrected chi connectivity index (χ1v) is 6.07. The Morgan fingerprint density at radius 1 is 1.10 bits per heavy atom. The van der Waals surface area contributed by atoms with Crippen molar-refractivity contribution in [2.75, 3.05) is 12.4 Å². The largest absolute Gasteiger partial charge is 0.465 e. The van der Waals surface area contributed by atoms with Gasteiger partial charge in [-0.1, -0.05) is 0 Å². The fourth-order valence-electron chi connectivity index (χ4n) is 1.82. The molecule has 0 aliphatic carbocycles. The summed E-state index contributed by atoms with van der Waals surface area (Å²) in [6, 6.07) is 6.48. The van der Waals surface area contributed by atoms with Gasteiger partial charge in [0.15, 0.2) is 0 Å². The van der Waals surface area contributed by atoms with Gasteiger partial charge in [0.1, 0.15) is 17.5 Å². The van der Waals surface area contributed by atoms with E-state index in [-0.39, 0.29) is 23.4 Å². The molecule has 3 nitrogen and oxygen atoms in total. The van der Waals surface area contributed by atoms with Gasteiger partial charge in [-0.3, -0.25) is 0 Å². The number of anilines is 1. The number of benzene rings is 2. The number of carbonyl (C=O) groups is 1. The Morgan fingerprint density at radius 2 is 1.76 bits per heavy atom. The molecule has 2 aromatic rings. The molecule has 0 aromatic heterocycles. The van der Waals surface area contributed by atoms with Crippen LogP contribution in [0.3, 0.4) is 0 Å². The van der Waals surface area contributed by atoms with Crippen molar-refractivity contribution in [3.63, 3.8) is 0 Å². The molecule has 0 aliphatic rings. The maximum Gasteiger partial charge on any atom is 0.339 e. The Morgan fingerprint density at radius 3 is 2.48 bits per heavy atom. The summed E-state index contributed by atoms with van der Waals surface area (Å²) < 4.78 is 44.4. The lowest BCUT2D eigenvalue weighted by Crippen LogP contribution is -2.09. The monoisotopic (exact) mass is 295 g/mol. The standard InChI is InChI=1S/C15H12F3NO2/c1-21-15(20)12-4-2-11(17)7-14(12)19-8-9-6-10(16)3-5-13(9)18/h2-7,19H,8H2,1H3. The number of esters is 1. The molecule has 0 saturated carbocycles. The average Bonchev–Trinajstić information content (AvgIpc) is 2.47. The van der Waals surface area contributed by atoms with Gasteiger partial charge in [0.05, 0.1) is 18.4 Å². The van der Waals surface area contributed by atoms with Crippen LogP contribution in [0.15, 0.2) is 36.4 Å². The van der Waals surface area contributed by atoms with Crippen molar-refractivity contribution in [3.8, 4) is 0 Å². The molecule has 21 heavy (non-hydrogen) atoms. The minimum Gasteiger partial charge on any atom is -0.465 e. The van der Waals surface area contributed by atoms with E-state index in [9.17, 15) is 18.0 Å². The number of hydrogen-bond acceptors (Lipinski definition) is 3. The highest BCUT2D eigenvalue weighted by molar-refractivity contribution is 5.95. The van der Waals surface area contributed by atoms with Crippen LogP contribution < -0.4 is 5.32 Å². The van der Waals surface area contributed by atoms with Gasteiger partial charge in [0.2, 0.25) is 0 Å². The number of carbonyl (C=O) groups excluding carboxylic acids is 1. The van der Waals surface area contributed by atoms with Crippen LogP contribution in [0.2, 0.25) is 0 Å². The molecule has 1 N–H and O–H groups in total. The molecule has 0 saturated heterocycles. The predicted octanol–water partition coefficient (Wildman–Crippen LogP) is 3.50. The Balaban J connectivity index is 2.25. The molecule has 2 aromatic carbocycles. The maximum atomic E-state index is 13.5. The topological polar surface area (TPSA) is 38.3 Å². The second kappa shape index (κ2) is 6.30. The van der Waals surface area contributed by atoms with E-state index in [4.69, 9.17) is 0 Å². The van der Waals surface area contributed by atoms with E-state index in [1.807, 2.05) is 0 Å². The molecule has 0 heterocycles. The minimum absolute atomic E-state index is 0.0649. The molecule has 6 heteroatoms. The van der Waals surface area contributed by atoms with Crippen LogP contribution in [0.5, 0.6) is 0 Å². The van der Waals surface area contributed by atoms with E-state index >= 15 is 0 Å². The third-order valence-electron chi connectivity index (χ3n) is 2.86. The van der Waals surface area contributed by atoms with Crippen LogP contribution in [0.1, 0.15) is 15.9 Å². The third-order valence-corrected chi connectivity index (χ3v) is 2.86. The van der Waals surface area contributed by atoms with Gasteiger partial charge in [-0.2, -0.15) is 0 Å². The highest BCUT2D eigenvalue weighted by atomic mass is 19.1. The summed E-state index contributed by atoms with van der Waals surface area (Å²) in [4.78, 5) is 11.6. The predicted molar refractivity (Wildman–Crippen MR) is 71.4 cm³/mol. The van der Waals surface area contributed by atoms with Crippen molar-refractivity contribution in [2.45, 2.75) is 6.54 Å². The Kier molecular flexibility index (Phi) is 4.47. The molecular formula is C15H12F3NO2. The number of hydrogen-bond donors (Lipinski definition) is 1. The van der Waals surface area contributed by atoms with Crippen LogP contribution in [0, 0.1) is 17.5 Å². The van der Waals surface area contributed by atoms with Gasteiger partial charge in [0, 0.05) is 12.1 Å². The van der Waals surface area contributed by atoms with Gasteiger partial charge in [0.25, 0.3) is 0 Å². The third kappa shape index (κ3) is 3.53. The molecular weight excluding hydrogens is 283 g/mol. The van der Waals surface area contributed by atoms with E-state index in [0.717, 1.165) is 30.3 Å². The molecule has 0 fully saturated rings. The summed E-state index contributed by atoms with van der Waals surface area (Å²) in [5.74, 6) is -2.40. The molecule has 0 unspecified atom stereocenters. The first-order valence-electron chi connectivity index (χ1n) is 6.07. The van der Waals surface area contributed by atoms with E-state index < -0.39 is 23.4 Å². The normalized spacial score (nSPS) is 10.3. The lowest BCUT2D eigenvalue weighted by molar-refractivity contribution is 0.0601. The average molecular weight is 295 g/mol. The number of rotatable bonds is 4. The van der Waals surface area contributed by atoms with E-state index in [1.165, 1.54) is 13.2 Å². The van der Waals surface area contributed by atoms with Crippen LogP contribution in [0.25, 0.3) is 0 Å². The molecule has 0 spiro atoms. The summed E-state index contributed by atoms with van der Waals surface area (Å²) in [6.45, 7) is -0.100. The molecule has 0 radical (unpaired) electrons. The van der Waals surface area contributed by atoms with Crippen molar-refractivity contribution in [1.82, 2.24) is 0 Å². The summed E-state index contributed by atoms with van der Waals surface area (Å²) in [7, 11) is 1.20. The zero-order valence-electron chi connectivity index (χ0n) is 11.1. The van der Waals surface area contributed by atoms with Gasteiger partial charge in [-0.15, -0.1) is 0 Å². The minimum atomic E-state index is -0.655. The van der Waals surface area contributed by atoms with Crippen LogP contribution in [-0.2, 0) is 11.3 Å². The highest BCUT2D eigenvalue weighted by Gasteiger charge is 2.13. The zero-order chi connectivity index (χ0) is 15.4. The summed E-state index contributed by atoms with van der Waals surface area (Å²) in [5, 5.41) is 2.71. The van der Waals surface area contributed by atoms with Gasteiger partial charge >= 0.3 is 5.97 Å². The number of nitrogens with one attached hydrogen (secondary N) is 1. The first kappa shape index (κ1) is 14.9. The lowest BCUT2D eigenvalue weighted by Gasteiger charge is -2.11. The number of methoxy groups -OCH3 is 1. The van der Waals surface area contributed by atoms with Gasteiger partial charge < -0.3 is 10.1 Å². The quantitative estimate of drug-likeness (QED) is 0.877. The summed E-state index contributed by atoms with van der Waals surface area (Å²) in [6.07, 6.45) is 0. The van der Waals surface area contributed by atoms with Gasteiger partial charge in [-0.05, 0) is 36.4 Å². The molecule has 0 atom stereocenters. The summed E-state index contributed by atoms with van der Waals surface area (Å²) >= 11 is 0. The zero-order valence-corrected chi connectivity index (χ0v) is 11.1. The molecule has 2 rings (SSSR count). The van der Waals surface area contributed by atoms with Crippen LogP contribution >= 0.6 is 0 Å². The number of halogens is 3.